The molecule has 0 atom stereocenters. The van der Waals surface area contributed by atoms with Crippen LogP contribution in [0.3, 0.4) is 0 Å². The number of nitrogens with zero attached hydrogens (tertiary/aromatic N) is 1. The zero-order valence-electron chi connectivity index (χ0n) is 14.9. The van der Waals surface area contributed by atoms with Crippen molar-refractivity contribution in [2.75, 3.05) is 18.5 Å². The molecule has 2 aromatic carbocycles. The van der Waals surface area contributed by atoms with E-state index in [1.807, 2.05) is 19.9 Å². The van der Waals surface area contributed by atoms with Crippen molar-refractivity contribution < 1.29 is 14.3 Å². The van der Waals surface area contributed by atoms with Crippen LogP contribution in [-0.2, 0) is 4.79 Å². The summed E-state index contributed by atoms with van der Waals surface area (Å²) in [6.07, 6.45) is 1.52. The van der Waals surface area contributed by atoms with Crippen molar-refractivity contribution in [3.63, 3.8) is 0 Å². The molecule has 0 saturated heterocycles. The number of amides is 1. The summed E-state index contributed by atoms with van der Waals surface area (Å²) in [7, 11) is 0. The second-order valence-electron chi connectivity index (χ2n) is 5.33. The first-order valence-corrected chi connectivity index (χ1v) is 9.84. The van der Waals surface area contributed by atoms with Crippen LogP contribution >= 0.6 is 31.9 Å². The van der Waals surface area contributed by atoms with Gasteiger partial charge in [0, 0.05) is 11.8 Å². The summed E-state index contributed by atoms with van der Waals surface area (Å²) in [5.74, 6) is 0.829. The Morgan fingerprint density at radius 2 is 1.81 bits per heavy atom. The van der Waals surface area contributed by atoms with Gasteiger partial charge in [0.2, 0.25) is 0 Å². The maximum Gasteiger partial charge on any atom is 0.266 e. The van der Waals surface area contributed by atoms with Gasteiger partial charge in [0.15, 0.2) is 0 Å². The number of hydrogen-bond donors (Lipinski definition) is 1. The predicted octanol–water partition coefficient (Wildman–Crippen LogP) is 5.55. The van der Waals surface area contributed by atoms with Crippen molar-refractivity contribution in [3.8, 4) is 17.6 Å². The number of halogens is 2. The Morgan fingerprint density at radius 1 is 1.15 bits per heavy atom. The molecule has 0 heterocycles. The molecule has 0 aliphatic rings. The molecule has 0 radical (unpaired) electrons. The fourth-order valence-electron chi connectivity index (χ4n) is 2.29. The lowest BCUT2D eigenvalue weighted by Crippen LogP contribution is -2.13. The summed E-state index contributed by atoms with van der Waals surface area (Å²) < 4.78 is 12.4. The number of benzene rings is 2. The molecule has 140 valence electrons. The molecule has 0 aromatic heterocycles. The fourth-order valence-corrected chi connectivity index (χ4v) is 3.74. The minimum Gasteiger partial charge on any atom is -0.494 e. The first-order valence-electron chi connectivity index (χ1n) is 8.26. The van der Waals surface area contributed by atoms with Crippen LogP contribution in [0.25, 0.3) is 6.08 Å². The lowest BCUT2D eigenvalue weighted by molar-refractivity contribution is -0.112. The number of carbonyl (C=O) groups excluding carboxylic acids is 1. The van der Waals surface area contributed by atoms with Crippen molar-refractivity contribution in [2.45, 2.75) is 13.8 Å². The molecule has 0 bridgehead atoms. The van der Waals surface area contributed by atoms with E-state index in [9.17, 15) is 10.1 Å². The maximum absolute atomic E-state index is 12.5. The van der Waals surface area contributed by atoms with Crippen molar-refractivity contribution in [1.29, 1.82) is 5.26 Å². The molecule has 1 amide bonds. The molecule has 5 nitrogen and oxygen atoms in total. The molecule has 0 unspecified atom stereocenters. The third-order valence-electron chi connectivity index (χ3n) is 3.39. The van der Waals surface area contributed by atoms with Gasteiger partial charge < -0.3 is 14.8 Å². The molecule has 1 N–H and O–H groups in total. The molecule has 27 heavy (non-hydrogen) atoms. The zero-order chi connectivity index (χ0) is 19.8. The van der Waals surface area contributed by atoms with Crippen LogP contribution in [-0.4, -0.2) is 19.1 Å². The van der Waals surface area contributed by atoms with E-state index in [0.717, 1.165) is 8.95 Å². The Morgan fingerprint density at radius 3 is 2.41 bits per heavy atom. The smallest absolute Gasteiger partial charge is 0.266 e. The number of hydrogen-bond acceptors (Lipinski definition) is 4. The first-order chi connectivity index (χ1) is 13.0. The molecule has 0 spiro atoms. The second-order valence-corrected chi connectivity index (χ2v) is 7.04. The van der Waals surface area contributed by atoms with Crippen LogP contribution in [0.1, 0.15) is 19.4 Å². The zero-order valence-corrected chi connectivity index (χ0v) is 18.1. The van der Waals surface area contributed by atoms with Gasteiger partial charge >= 0.3 is 0 Å². The minimum atomic E-state index is -0.493. The molecule has 0 aliphatic carbocycles. The highest BCUT2D eigenvalue weighted by molar-refractivity contribution is 9.11. The summed E-state index contributed by atoms with van der Waals surface area (Å²) in [5, 5.41) is 12.1. The van der Waals surface area contributed by atoms with Crippen LogP contribution < -0.4 is 14.8 Å². The molecule has 0 saturated carbocycles. The van der Waals surface area contributed by atoms with E-state index in [1.165, 1.54) is 6.08 Å². The molecule has 0 fully saturated rings. The highest BCUT2D eigenvalue weighted by Crippen LogP contribution is 2.35. The van der Waals surface area contributed by atoms with Crippen LogP contribution in [0.15, 0.2) is 50.9 Å². The van der Waals surface area contributed by atoms with Crippen LogP contribution in [0.2, 0.25) is 0 Å². The average Bonchev–Trinajstić information content (AvgIpc) is 2.63. The Kier molecular flexibility index (Phi) is 7.89. The topological polar surface area (TPSA) is 71.3 Å². The van der Waals surface area contributed by atoms with Crippen molar-refractivity contribution in [2.24, 2.45) is 0 Å². The molecule has 0 aliphatic heterocycles. The van der Waals surface area contributed by atoms with E-state index in [0.29, 0.717) is 36.0 Å². The van der Waals surface area contributed by atoms with Gasteiger partial charge in [0.25, 0.3) is 5.91 Å². The normalized spacial score (nSPS) is 10.9. The third kappa shape index (κ3) is 5.84. The second kappa shape index (κ2) is 10.1. The van der Waals surface area contributed by atoms with Crippen LogP contribution in [0.5, 0.6) is 11.5 Å². The fraction of sp³-hybridized carbons (Fsp3) is 0.200. The van der Waals surface area contributed by atoms with Crippen LogP contribution in [0, 0.1) is 11.3 Å². The van der Waals surface area contributed by atoms with E-state index in [4.69, 9.17) is 9.47 Å². The van der Waals surface area contributed by atoms with Gasteiger partial charge in [-0.15, -0.1) is 0 Å². The van der Waals surface area contributed by atoms with Crippen molar-refractivity contribution in [1.82, 2.24) is 0 Å². The Hall–Kier alpha value is -2.30. The number of anilines is 1. The van der Waals surface area contributed by atoms with E-state index in [2.05, 4.69) is 37.2 Å². The highest BCUT2D eigenvalue weighted by Gasteiger charge is 2.12. The average molecular weight is 494 g/mol. The largest absolute Gasteiger partial charge is 0.494 e. The molecule has 2 rings (SSSR count). The Bertz CT molecular complexity index is 881. The summed E-state index contributed by atoms with van der Waals surface area (Å²) >= 11 is 6.89. The third-order valence-corrected chi connectivity index (χ3v) is 4.57. The monoisotopic (exact) mass is 492 g/mol. The van der Waals surface area contributed by atoms with Gasteiger partial charge in [-0.2, -0.15) is 5.26 Å². The van der Waals surface area contributed by atoms with Crippen LogP contribution in [0.4, 0.5) is 5.69 Å². The highest BCUT2D eigenvalue weighted by atomic mass is 79.9. The molecule has 2 aromatic rings. The molecule has 7 heteroatoms. The maximum atomic E-state index is 12.5. The lowest BCUT2D eigenvalue weighted by Gasteiger charge is -2.10. The number of nitriles is 1. The minimum absolute atomic E-state index is 0.0141. The molecular formula is C20H18Br2N2O3. The first kappa shape index (κ1) is 21.0. The molecular weight excluding hydrogens is 476 g/mol. The Balaban J connectivity index is 2.24. The van der Waals surface area contributed by atoms with E-state index < -0.39 is 5.91 Å². The van der Waals surface area contributed by atoms with E-state index in [-0.39, 0.29) is 5.57 Å². The van der Waals surface area contributed by atoms with E-state index in [1.54, 1.807) is 36.4 Å². The Labute approximate surface area is 175 Å². The van der Waals surface area contributed by atoms with Gasteiger partial charge in [-0.3, -0.25) is 4.79 Å². The summed E-state index contributed by atoms with van der Waals surface area (Å²) in [5.41, 5.74) is 1.23. The van der Waals surface area contributed by atoms with Crippen molar-refractivity contribution >= 4 is 49.5 Å². The van der Waals surface area contributed by atoms with Gasteiger partial charge in [0.1, 0.15) is 23.1 Å². The number of nitrogens with one attached hydrogen (secondary N) is 1. The summed E-state index contributed by atoms with van der Waals surface area (Å²) in [6, 6.07) is 12.5. The van der Waals surface area contributed by atoms with Gasteiger partial charge in [0.05, 0.1) is 22.2 Å². The quantitative estimate of drug-likeness (QED) is 0.405. The van der Waals surface area contributed by atoms with Gasteiger partial charge in [-0.25, -0.2) is 0 Å². The standard InChI is InChI=1S/C20H18Br2N2O3/c1-3-26-16-7-5-6-15(11-16)24-20(25)14(12-23)8-13-9-17(21)19(27-4-2)18(22)10-13/h5-11H,3-4H2,1-2H3,(H,24,25)/b14-8-. The predicted molar refractivity (Wildman–Crippen MR) is 113 cm³/mol. The lowest BCUT2D eigenvalue weighted by atomic mass is 10.1. The summed E-state index contributed by atoms with van der Waals surface area (Å²) in [6.45, 7) is 4.83. The van der Waals surface area contributed by atoms with Gasteiger partial charge in [-0.1, -0.05) is 6.07 Å². The van der Waals surface area contributed by atoms with E-state index >= 15 is 0 Å². The number of ether oxygens (including phenoxy) is 2. The SMILES string of the molecule is CCOc1cccc(NC(=O)/C(C#N)=C\c2cc(Br)c(OCC)c(Br)c2)c1. The number of carbonyl (C=O) groups is 1. The summed E-state index contributed by atoms with van der Waals surface area (Å²) in [4.78, 5) is 12.5. The number of rotatable bonds is 7. The van der Waals surface area contributed by atoms with Gasteiger partial charge in [-0.05, 0) is 81.6 Å². The van der Waals surface area contributed by atoms with Crippen molar-refractivity contribution in [3.05, 3.63) is 56.5 Å².